The van der Waals surface area contributed by atoms with Gasteiger partial charge in [-0.05, 0) is 66.2 Å². The van der Waals surface area contributed by atoms with E-state index in [1.807, 2.05) is 49.4 Å². The summed E-state index contributed by atoms with van der Waals surface area (Å²) in [6.07, 6.45) is 4.06. The third-order valence-electron chi connectivity index (χ3n) is 10.7. The van der Waals surface area contributed by atoms with E-state index in [4.69, 9.17) is 23.7 Å². The fourth-order valence-electron chi connectivity index (χ4n) is 8.74. The van der Waals surface area contributed by atoms with Crippen LogP contribution in [0.2, 0.25) is 0 Å². The van der Waals surface area contributed by atoms with Crippen LogP contribution in [-0.4, -0.2) is 64.6 Å². The molecule has 0 spiro atoms. The number of rotatable bonds is 8. The van der Waals surface area contributed by atoms with Crippen LogP contribution in [-0.2, 0) is 41.4 Å². The van der Waals surface area contributed by atoms with E-state index in [0.29, 0.717) is 35.3 Å². The van der Waals surface area contributed by atoms with Gasteiger partial charge in [0.05, 0.1) is 25.6 Å². The number of aliphatic hydroxyl groups is 1. The van der Waals surface area contributed by atoms with Crippen LogP contribution in [0.5, 0.6) is 11.5 Å². The Morgan fingerprint density at radius 1 is 1.11 bits per heavy atom. The van der Waals surface area contributed by atoms with E-state index in [1.165, 1.54) is 19.2 Å². The number of carbonyl (C=O) groups excluding carboxylic acids is 2. The summed E-state index contributed by atoms with van der Waals surface area (Å²) < 4.78 is 31.8. The fourth-order valence-corrected chi connectivity index (χ4v) is 8.74. The van der Waals surface area contributed by atoms with Crippen LogP contribution in [0.4, 0.5) is 0 Å². The molecule has 3 aliphatic carbocycles. The summed E-state index contributed by atoms with van der Waals surface area (Å²) in [4.78, 5) is 26.8. The number of carbonyl (C=O) groups is 2. The van der Waals surface area contributed by atoms with Crippen molar-refractivity contribution in [2.45, 2.75) is 75.3 Å². The zero-order chi connectivity index (χ0) is 32.6. The normalized spacial score (nSPS) is 37.1. The topological polar surface area (TPSA) is 121 Å². The van der Waals surface area contributed by atoms with E-state index in [2.05, 4.69) is 13.5 Å². The summed E-state index contributed by atoms with van der Waals surface area (Å²) in [6, 6.07) is 14.4. The predicted octanol–water partition coefficient (Wildman–Crippen LogP) is 4.74. The smallest absolute Gasteiger partial charge is 0.310 e. The van der Waals surface area contributed by atoms with E-state index in [1.54, 1.807) is 13.0 Å². The number of methoxy groups -OCH3 is 1. The zero-order valence-corrected chi connectivity index (χ0v) is 26.6. The molecule has 3 bridgehead atoms. The van der Waals surface area contributed by atoms with Crippen LogP contribution in [0.3, 0.4) is 0 Å². The molecule has 8 atom stereocenters. The second kappa shape index (κ2) is 10.6. The number of hydrogen-bond acceptors (Lipinski definition) is 9. The summed E-state index contributed by atoms with van der Waals surface area (Å²) >= 11 is 0. The number of ketones is 1. The summed E-state index contributed by atoms with van der Waals surface area (Å²) in [5, 5.41) is 22.4. The molecule has 0 radical (unpaired) electrons. The Balaban J connectivity index is 1.27. The molecule has 2 aliphatic heterocycles. The van der Waals surface area contributed by atoms with Gasteiger partial charge >= 0.3 is 5.97 Å². The third-order valence-corrected chi connectivity index (χ3v) is 10.7. The van der Waals surface area contributed by atoms with Gasteiger partial charge in [0.15, 0.2) is 5.78 Å². The highest BCUT2D eigenvalue weighted by molar-refractivity contribution is 6.04. The van der Waals surface area contributed by atoms with Crippen LogP contribution in [0.15, 0.2) is 84.0 Å². The lowest BCUT2D eigenvalue weighted by Crippen LogP contribution is -2.70. The Morgan fingerprint density at radius 3 is 2.59 bits per heavy atom. The van der Waals surface area contributed by atoms with Gasteiger partial charge in [-0.15, -0.1) is 0 Å². The highest BCUT2D eigenvalue weighted by Gasteiger charge is 2.79. The molecule has 0 unspecified atom stereocenters. The van der Waals surface area contributed by atoms with Crippen molar-refractivity contribution in [3.63, 3.8) is 0 Å². The average Bonchev–Trinajstić information content (AvgIpc) is 3.31. The van der Waals surface area contributed by atoms with Crippen molar-refractivity contribution in [1.82, 2.24) is 0 Å². The number of hydrogen-bond donors (Lipinski definition) is 2. The Morgan fingerprint density at radius 2 is 1.87 bits per heavy atom. The van der Waals surface area contributed by atoms with Crippen molar-refractivity contribution in [3.8, 4) is 11.5 Å². The molecule has 9 heteroatoms. The zero-order valence-electron chi connectivity index (χ0n) is 26.6. The first-order valence-electron chi connectivity index (χ1n) is 15.8. The Kier molecular flexibility index (Phi) is 7.14. The number of fused-ring (bicyclic) bond motifs is 2. The van der Waals surface area contributed by atoms with E-state index in [-0.39, 0.29) is 36.9 Å². The van der Waals surface area contributed by atoms with Gasteiger partial charge < -0.3 is 33.9 Å². The molecule has 242 valence electrons. The molecule has 5 aliphatic rings. The van der Waals surface area contributed by atoms with Crippen LogP contribution in [0, 0.1) is 17.8 Å². The van der Waals surface area contributed by atoms with Gasteiger partial charge in [-0.1, -0.05) is 56.0 Å². The minimum Gasteiger partial charge on any atom is -0.508 e. The lowest BCUT2D eigenvalue weighted by atomic mass is 9.55. The summed E-state index contributed by atoms with van der Waals surface area (Å²) in [6.45, 7) is 9.96. The van der Waals surface area contributed by atoms with Gasteiger partial charge in [0.2, 0.25) is 0 Å². The number of phenols is 1. The molecule has 3 fully saturated rings. The Labute approximate surface area is 268 Å². The largest absolute Gasteiger partial charge is 0.508 e. The highest BCUT2D eigenvalue weighted by atomic mass is 16.9. The van der Waals surface area contributed by atoms with E-state index in [9.17, 15) is 19.8 Å². The molecule has 0 amide bonds. The molecule has 46 heavy (non-hydrogen) atoms. The second-order valence-corrected chi connectivity index (χ2v) is 13.7. The van der Waals surface area contributed by atoms with Gasteiger partial charge in [0, 0.05) is 24.3 Å². The molecular formula is C37H40O9. The predicted molar refractivity (Wildman–Crippen MR) is 167 cm³/mol. The van der Waals surface area contributed by atoms with Gasteiger partial charge in [0.25, 0.3) is 5.97 Å². The summed E-state index contributed by atoms with van der Waals surface area (Å²) in [5.74, 6) is -3.25. The molecule has 2 heterocycles. The van der Waals surface area contributed by atoms with Gasteiger partial charge in [-0.2, -0.15) is 0 Å². The Hall–Kier alpha value is -3.76. The van der Waals surface area contributed by atoms with Crippen molar-refractivity contribution in [2.24, 2.45) is 17.8 Å². The van der Waals surface area contributed by atoms with Crippen molar-refractivity contribution in [1.29, 1.82) is 0 Å². The maximum absolute atomic E-state index is 13.8. The average molecular weight is 629 g/mol. The van der Waals surface area contributed by atoms with Crippen LogP contribution in [0.25, 0.3) is 0 Å². The molecule has 2 aromatic carbocycles. The maximum atomic E-state index is 13.8. The number of ether oxygens (including phenoxy) is 5. The first-order valence-corrected chi connectivity index (χ1v) is 15.8. The molecule has 0 aromatic heterocycles. The first kappa shape index (κ1) is 30.9. The number of phenolic OH excluding ortho intramolecular Hbond substituents is 1. The molecule has 2 saturated heterocycles. The fraction of sp³-hybridized carbons (Fsp3) is 0.459. The monoisotopic (exact) mass is 628 g/mol. The molecule has 9 nitrogen and oxygen atoms in total. The molecule has 2 N–H and O–H groups in total. The lowest BCUT2D eigenvalue weighted by Gasteiger charge is -2.59. The van der Waals surface area contributed by atoms with Gasteiger partial charge in [-0.25, -0.2) is 0 Å². The molecule has 2 aromatic rings. The number of esters is 1. The van der Waals surface area contributed by atoms with E-state index in [0.717, 1.165) is 11.1 Å². The van der Waals surface area contributed by atoms with Crippen molar-refractivity contribution >= 4 is 11.8 Å². The van der Waals surface area contributed by atoms with Gasteiger partial charge in [-0.3, -0.25) is 9.59 Å². The Bertz CT molecular complexity index is 1680. The van der Waals surface area contributed by atoms with Crippen LogP contribution in [0.1, 0.15) is 44.7 Å². The highest BCUT2D eigenvalue weighted by Crippen LogP contribution is 2.68. The van der Waals surface area contributed by atoms with E-state index >= 15 is 0 Å². The second-order valence-electron chi connectivity index (χ2n) is 13.7. The maximum Gasteiger partial charge on any atom is 0.310 e. The quantitative estimate of drug-likeness (QED) is 0.315. The number of benzene rings is 2. The van der Waals surface area contributed by atoms with E-state index < -0.39 is 46.7 Å². The first-order chi connectivity index (χ1) is 21.8. The molecule has 7 rings (SSSR count). The molecule has 1 saturated carbocycles. The number of aromatic hydroxyl groups is 1. The SMILES string of the molecule is C=C(C)[C@]12C[C@@H](C)[C@@]34O[C@@](Cc5ccccc5)(O[C@@H]1[C@@H]3C=C(COC(=O)Cc1cc(O)cc(OC)c1)C[C@]1(O)C(=O)C(C)=C[C@@H]41)O2. The third kappa shape index (κ3) is 4.51. The van der Waals surface area contributed by atoms with Crippen LogP contribution >= 0.6 is 0 Å². The van der Waals surface area contributed by atoms with Gasteiger partial charge in [0.1, 0.15) is 35.4 Å². The lowest BCUT2D eigenvalue weighted by molar-refractivity contribution is -0.421. The minimum atomic E-state index is -1.81. The van der Waals surface area contributed by atoms with Crippen LogP contribution < -0.4 is 4.74 Å². The van der Waals surface area contributed by atoms with Crippen molar-refractivity contribution < 1.29 is 43.5 Å². The number of Topliss-reactive ketones (excluding diaryl/α,β-unsaturated/α-hetero) is 1. The standard InChI is InChI=1S/C37H40O9/c1-21(2)35-17-23(4)37-29(33(35)44-36(45-35,46-37)19-24-9-7-6-8-10-24)14-26(18-34(41)30(37)11-22(3)32(34)40)20-43-31(39)15-25-12-27(38)16-28(13-25)42-5/h6-14,16,23,29-30,33,38,41H,1,15,17-20H2,2-5H3/t23-,29+,30-,33-,34-,35-,36+,37-/m1/s1. The van der Waals surface area contributed by atoms with Crippen molar-refractivity contribution in [3.05, 3.63) is 95.1 Å². The summed E-state index contributed by atoms with van der Waals surface area (Å²) in [7, 11) is 1.48. The minimum absolute atomic E-state index is 0.0226. The summed E-state index contributed by atoms with van der Waals surface area (Å²) in [5.41, 5.74) is -0.353. The molecular weight excluding hydrogens is 588 g/mol. The van der Waals surface area contributed by atoms with Crippen molar-refractivity contribution in [2.75, 3.05) is 13.7 Å².